The van der Waals surface area contributed by atoms with Gasteiger partial charge in [-0.05, 0) is 78.5 Å². The Morgan fingerprint density at radius 3 is 2.56 bits per heavy atom. The first-order valence-electron chi connectivity index (χ1n) is 12.3. The number of nitrogens with zero attached hydrogens (tertiary/aromatic N) is 2. The predicted molar refractivity (Wildman–Crippen MR) is 131 cm³/mol. The second-order valence-electron chi connectivity index (χ2n) is 9.54. The van der Waals surface area contributed by atoms with Crippen molar-refractivity contribution >= 4 is 23.2 Å². The molecule has 5 rings (SSSR count). The van der Waals surface area contributed by atoms with Crippen molar-refractivity contribution in [2.24, 2.45) is 5.92 Å². The summed E-state index contributed by atoms with van der Waals surface area (Å²) in [6, 6.07) is 10.1. The molecular formula is C27H32N4O3. The van der Waals surface area contributed by atoms with Crippen LogP contribution in [0.4, 0.5) is 10.5 Å². The lowest BCUT2D eigenvalue weighted by molar-refractivity contribution is -0.123. The van der Waals surface area contributed by atoms with Crippen LogP contribution in [-0.4, -0.2) is 41.1 Å². The summed E-state index contributed by atoms with van der Waals surface area (Å²) >= 11 is 0. The molecule has 1 atom stereocenters. The molecular weight excluding hydrogens is 428 g/mol. The predicted octanol–water partition coefficient (Wildman–Crippen LogP) is 4.50. The van der Waals surface area contributed by atoms with Crippen molar-refractivity contribution in [3.05, 3.63) is 65.5 Å². The number of allylic oxidation sites excluding steroid dienone is 1. The van der Waals surface area contributed by atoms with Crippen LogP contribution < -0.4 is 10.6 Å². The van der Waals surface area contributed by atoms with Crippen LogP contribution in [0.2, 0.25) is 0 Å². The smallest absolute Gasteiger partial charge is 0.322 e. The molecule has 1 unspecified atom stereocenters. The maximum absolute atomic E-state index is 12.7. The number of hydrogen-bond acceptors (Lipinski definition) is 4. The van der Waals surface area contributed by atoms with Gasteiger partial charge in [-0.1, -0.05) is 18.2 Å². The molecule has 178 valence electrons. The van der Waals surface area contributed by atoms with Crippen LogP contribution in [0.25, 0.3) is 5.57 Å². The Morgan fingerprint density at radius 1 is 1.03 bits per heavy atom. The Morgan fingerprint density at radius 2 is 1.82 bits per heavy atom. The average Bonchev–Trinajstić information content (AvgIpc) is 3.30. The molecule has 1 aromatic heterocycles. The second-order valence-corrected chi connectivity index (χ2v) is 9.54. The Kier molecular flexibility index (Phi) is 6.90. The third kappa shape index (κ3) is 5.47. The maximum atomic E-state index is 12.7. The monoisotopic (exact) mass is 460 g/mol. The number of benzene rings is 1. The molecule has 2 N–H and O–H groups in total. The van der Waals surface area contributed by atoms with Crippen LogP contribution in [0.15, 0.2) is 48.8 Å². The summed E-state index contributed by atoms with van der Waals surface area (Å²) in [6.07, 6.45) is 11.2. The molecule has 0 spiro atoms. The van der Waals surface area contributed by atoms with Crippen LogP contribution >= 0.6 is 0 Å². The van der Waals surface area contributed by atoms with Gasteiger partial charge in [0.2, 0.25) is 5.91 Å². The van der Waals surface area contributed by atoms with Gasteiger partial charge in [0, 0.05) is 56.8 Å². The summed E-state index contributed by atoms with van der Waals surface area (Å²) in [7, 11) is 0. The standard InChI is InChI=1S/C27H32N4O3/c32-26(15-19-10-13-34-14-11-19)29-24-5-1-20(2-6-24)21-3-7-25(8-4-21)30-27(33)31-17-22-9-12-28-16-23(22)18-31/h1,3-4,7-9,12,16,19,24H,2,5-6,10-11,13-15,17-18H2,(H,29,32)(H,30,33). The van der Waals surface area contributed by atoms with Crippen molar-refractivity contribution in [2.45, 2.75) is 57.7 Å². The summed E-state index contributed by atoms with van der Waals surface area (Å²) in [5.41, 5.74) is 5.52. The lowest BCUT2D eigenvalue weighted by Crippen LogP contribution is -2.37. The van der Waals surface area contributed by atoms with E-state index in [1.165, 1.54) is 11.1 Å². The Hall–Kier alpha value is -3.19. The van der Waals surface area contributed by atoms with E-state index in [9.17, 15) is 9.59 Å². The molecule has 3 heterocycles. The molecule has 0 radical (unpaired) electrons. The fourth-order valence-electron chi connectivity index (χ4n) is 5.06. The highest BCUT2D eigenvalue weighted by Crippen LogP contribution is 2.29. The third-order valence-corrected chi connectivity index (χ3v) is 7.11. The van der Waals surface area contributed by atoms with Crippen LogP contribution in [0.1, 0.15) is 55.2 Å². The summed E-state index contributed by atoms with van der Waals surface area (Å²) in [6.45, 7) is 2.76. The number of pyridine rings is 1. The number of hydrogen-bond donors (Lipinski definition) is 2. The van der Waals surface area contributed by atoms with Crippen LogP contribution in [-0.2, 0) is 22.6 Å². The van der Waals surface area contributed by atoms with Crippen molar-refractivity contribution < 1.29 is 14.3 Å². The van der Waals surface area contributed by atoms with Crippen LogP contribution in [0.3, 0.4) is 0 Å². The number of urea groups is 1. The first-order chi connectivity index (χ1) is 16.6. The Labute approximate surface area is 200 Å². The molecule has 1 fully saturated rings. The van der Waals surface area contributed by atoms with E-state index in [1.807, 2.05) is 24.4 Å². The summed E-state index contributed by atoms with van der Waals surface area (Å²) < 4.78 is 5.38. The highest BCUT2D eigenvalue weighted by atomic mass is 16.5. The number of carbonyl (C=O) groups excluding carboxylic acids is 2. The van der Waals surface area contributed by atoms with Crippen molar-refractivity contribution in [1.82, 2.24) is 15.2 Å². The molecule has 1 aliphatic carbocycles. The zero-order chi connectivity index (χ0) is 23.3. The van der Waals surface area contributed by atoms with E-state index >= 15 is 0 Å². The topological polar surface area (TPSA) is 83.6 Å². The number of ether oxygens (including phenoxy) is 1. The quantitative estimate of drug-likeness (QED) is 0.688. The number of nitrogens with one attached hydrogen (secondary N) is 2. The van der Waals surface area contributed by atoms with Gasteiger partial charge in [-0.15, -0.1) is 0 Å². The van der Waals surface area contributed by atoms with Crippen LogP contribution in [0.5, 0.6) is 0 Å². The molecule has 3 aliphatic rings. The van der Waals surface area contributed by atoms with Crippen LogP contribution in [0, 0.1) is 5.92 Å². The minimum absolute atomic E-state index is 0.0971. The van der Waals surface area contributed by atoms with Gasteiger partial charge in [0.1, 0.15) is 0 Å². The largest absolute Gasteiger partial charge is 0.381 e. The van der Waals surface area contributed by atoms with Gasteiger partial charge in [0.05, 0.1) is 0 Å². The maximum Gasteiger partial charge on any atom is 0.322 e. The number of anilines is 1. The van der Waals surface area contributed by atoms with E-state index in [2.05, 4.69) is 33.8 Å². The van der Waals surface area contributed by atoms with Gasteiger partial charge in [0.25, 0.3) is 0 Å². The van der Waals surface area contributed by atoms with E-state index in [4.69, 9.17) is 4.74 Å². The molecule has 7 heteroatoms. The zero-order valence-corrected chi connectivity index (χ0v) is 19.5. The van der Waals surface area contributed by atoms with Crippen molar-refractivity contribution in [3.63, 3.8) is 0 Å². The summed E-state index contributed by atoms with van der Waals surface area (Å²) in [5.74, 6) is 0.631. The Balaban J connectivity index is 1.10. The number of carbonyl (C=O) groups is 2. The minimum atomic E-state index is -0.0971. The second kappa shape index (κ2) is 10.4. The molecule has 2 aromatic rings. The molecule has 1 aromatic carbocycles. The van der Waals surface area contributed by atoms with Gasteiger partial charge in [-0.25, -0.2) is 4.79 Å². The lowest BCUT2D eigenvalue weighted by Gasteiger charge is -2.26. The number of aromatic nitrogens is 1. The number of fused-ring (bicyclic) bond motifs is 1. The highest BCUT2D eigenvalue weighted by molar-refractivity contribution is 5.90. The summed E-state index contributed by atoms with van der Waals surface area (Å²) in [5, 5.41) is 6.22. The molecule has 34 heavy (non-hydrogen) atoms. The van der Waals surface area contributed by atoms with Crippen molar-refractivity contribution in [2.75, 3.05) is 18.5 Å². The molecule has 0 bridgehead atoms. The third-order valence-electron chi connectivity index (χ3n) is 7.11. The molecule has 3 amide bonds. The zero-order valence-electron chi connectivity index (χ0n) is 19.5. The average molecular weight is 461 g/mol. The van der Waals surface area contributed by atoms with Crippen molar-refractivity contribution in [3.8, 4) is 0 Å². The SMILES string of the molecule is O=C(CC1CCOCC1)NC1CC=C(c2ccc(NC(=O)N3Cc4ccncc4C3)cc2)CC1. The van der Waals surface area contributed by atoms with E-state index in [0.29, 0.717) is 25.4 Å². The highest BCUT2D eigenvalue weighted by Gasteiger charge is 2.24. The van der Waals surface area contributed by atoms with E-state index < -0.39 is 0 Å². The fraction of sp³-hybridized carbons (Fsp3) is 0.444. The van der Waals surface area contributed by atoms with Gasteiger partial charge < -0.3 is 20.3 Å². The lowest BCUT2D eigenvalue weighted by atomic mass is 9.90. The Bertz CT molecular complexity index is 1030. The first kappa shape index (κ1) is 22.6. The molecule has 1 saturated heterocycles. The first-order valence-corrected chi connectivity index (χ1v) is 12.3. The van der Waals surface area contributed by atoms with E-state index in [-0.39, 0.29) is 18.0 Å². The van der Waals surface area contributed by atoms with E-state index in [0.717, 1.165) is 62.1 Å². The molecule has 2 aliphatic heterocycles. The van der Waals surface area contributed by atoms with E-state index in [1.54, 1.807) is 11.1 Å². The minimum Gasteiger partial charge on any atom is -0.381 e. The summed E-state index contributed by atoms with van der Waals surface area (Å²) in [4.78, 5) is 31.0. The fourth-order valence-corrected chi connectivity index (χ4v) is 5.06. The molecule has 7 nitrogen and oxygen atoms in total. The number of amides is 3. The van der Waals surface area contributed by atoms with Gasteiger partial charge >= 0.3 is 6.03 Å². The molecule has 0 saturated carbocycles. The van der Waals surface area contributed by atoms with Gasteiger partial charge in [-0.2, -0.15) is 0 Å². The van der Waals surface area contributed by atoms with Gasteiger partial charge in [-0.3, -0.25) is 9.78 Å². The van der Waals surface area contributed by atoms with Gasteiger partial charge in [0.15, 0.2) is 0 Å². The number of rotatable bonds is 5. The van der Waals surface area contributed by atoms with Crippen molar-refractivity contribution in [1.29, 1.82) is 0 Å². The normalized spacial score (nSPS) is 20.4.